The third-order valence-corrected chi connectivity index (χ3v) is 4.60. The van der Waals surface area contributed by atoms with E-state index in [4.69, 9.17) is 5.11 Å². The predicted molar refractivity (Wildman–Crippen MR) is 73.2 cm³/mol. The monoisotopic (exact) mass is 279 g/mol. The smallest absolute Gasteiger partial charge is 0.306 e. The van der Waals surface area contributed by atoms with Crippen LogP contribution in [0.5, 0.6) is 0 Å². The van der Waals surface area contributed by atoms with Crippen molar-refractivity contribution in [2.45, 2.75) is 25.8 Å². The fourth-order valence-electron chi connectivity index (χ4n) is 2.85. The second kappa shape index (κ2) is 5.30. The zero-order valence-corrected chi connectivity index (χ0v) is 11.4. The van der Waals surface area contributed by atoms with Crippen molar-refractivity contribution < 1.29 is 9.90 Å². The summed E-state index contributed by atoms with van der Waals surface area (Å²) in [5.74, 6) is -0.550. The largest absolute Gasteiger partial charge is 0.481 e. The number of carbonyl (C=O) groups is 1. The average Bonchev–Trinajstić information content (AvgIpc) is 3.02. The quantitative estimate of drug-likeness (QED) is 0.878. The van der Waals surface area contributed by atoms with Crippen LogP contribution in [-0.2, 0) is 11.3 Å². The molecule has 0 radical (unpaired) electrons. The number of aliphatic carboxylic acids is 1. The Morgan fingerprint density at radius 1 is 1.58 bits per heavy atom. The molecule has 2 unspecified atom stereocenters. The van der Waals surface area contributed by atoms with Gasteiger partial charge in [-0.05, 0) is 25.3 Å². The van der Waals surface area contributed by atoms with Gasteiger partial charge in [-0.25, -0.2) is 4.98 Å². The first-order chi connectivity index (χ1) is 9.24. The SMILES string of the molecule is O=C(O)C1CCCC1CNCc1cn2ccsc2n1. The van der Waals surface area contributed by atoms with E-state index in [0.717, 1.165) is 36.5 Å². The molecule has 5 nitrogen and oxygen atoms in total. The summed E-state index contributed by atoms with van der Waals surface area (Å²) in [6.45, 7) is 1.47. The van der Waals surface area contributed by atoms with Crippen molar-refractivity contribution in [3.05, 3.63) is 23.5 Å². The summed E-state index contributed by atoms with van der Waals surface area (Å²) in [5, 5.41) is 14.5. The van der Waals surface area contributed by atoms with Crippen molar-refractivity contribution in [3.63, 3.8) is 0 Å². The highest BCUT2D eigenvalue weighted by atomic mass is 32.1. The molecule has 1 aliphatic rings. The summed E-state index contributed by atoms with van der Waals surface area (Å²) in [4.78, 5) is 16.6. The number of rotatable bonds is 5. The zero-order valence-electron chi connectivity index (χ0n) is 10.6. The molecule has 0 bridgehead atoms. The van der Waals surface area contributed by atoms with Crippen LogP contribution in [-0.4, -0.2) is 27.0 Å². The first kappa shape index (κ1) is 12.6. The van der Waals surface area contributed by atoms with E-state index in [1.807, 2.05) is 22.2 Å². The lowest BCUT2D eigenvalue weighted by Crippen LogP contribution is -2.28. The van der Waals surface area contributed by atoms with E-state index in [1.54, 1.807) is 11.3 Å². The van der Waals surface area contributed by atoms with Crippen LogP contribution in [0.4, 0.5) is 0 Å². The molecule has 2 atom stereocenters. The minimum absolute atomic E-state index is 0.169. The predicted octanol–water partition coefficient (Wildman–Crippen LogP) is 1.99. The summed E-state index contributed by atoms with van der Waals surface area (Å²) in [6.07, 6.45) is 6.88. The van der Waals surface area contributed by atoms with Gasteiger partial charge in [0.2, 0.25) is 0 Å². The maximum Gasteiger partial charge on any atom is 0.306 e. The molecule has 1 fully saturated rings. The molecule has 0 aliphatic heterocycles. The third-order valence-electron chi connectivity index (χ3n) is 3.83. The lowest BCUT2D eigenvalue weighted by Gasteiger charge is -2.15. The number of nitrogens with one attached hydrogen (secondary N) is 1. The Bertz CT molecular complexity index is 549. The lowest BCUT2D eigenvalue weighted by molar-refractivity contribution is -0.142. The Morgan fingerprint density at radius 3 is 3.26 bits per heavy atom. The highest BCUT2D eigenvalue weighted by molar-refractivity contribution is 7.15. The van der Waals surface area contributed by atoms with Gasteiger partial charge in [-0.1, -0.05) is 6.42 Å². The van der Waals surface area contributed by atoms with Gasteiger partial charge >= 0.3 is 5.97 Å². The van der Waals surface area contributed by atoms with Gasteiger partial charge < -0.3 is 10.4 Å². The van der Waals surface area contributed by atoms with Gasteiger partial charge in [-0.15, -0.1) is 11.3 Å². The summed E-state index contributed by atoms with van der Waals surface area (Å²) < 4.78 is 2.01. The molecule has 102 valence electrons. The molecule has 2 N–H and O–H groups in total. The van der Waals surface area contributed by atoms with Crippen molar-refractivity contribution >= 4 is 22.3 Å². The highest BCUT2D eigenvalue weighted by Crippen LogP contribution is 2.31. The van der Waals surface area contributed by atoms with Crippen LogP contribution < -0.4 is 5.32 Å². The molecule has 19 heavy (non-hydrogen) atoms. The van der Waals surface area contributed by atoms with Crippen LogP contribution in [0.3, 0.4) is 0 Å². The average molecular weight is 279 g/mol. The van der Waals surface area contributed by atoms with Crippen molar-refractivity contribution in [2.75, 3.05) is 6.54 Å². The molecule has 0 saturated heterocycles. The number of fused-ring (bicyclic) bond motifs is 1. The van der Waals surface area contributed by atoms with Gasteiger partial charge in [0.15, 0.2) is 4.96 Å². The molecule has 2 aromatic rings. The fraction of sp³-hybridized carbons (Fsp3) is 0.538. The van der Waals surface area contributed by atoms with Crippen LogP contribution in [0.25, 0.3) is 4.96 Å². The molecule has 1 saturated carbocycles. The van der Waals surface area contributed by atoms with Crippen molar-refractivity contribution in [1.82, 2.24) is 14.7 Å². The van der Waals surface area contributed by atoms with Gasteiger partial charge in [0.1, 0.15) is 0 Å². The molecule has 2 heterocycles. The fourth-order valence-corrected chi connectivity index (χ4v) is 3.57. The normalized spacial score (nSPS) is 23.2. The van der Waals surface area contributed by atoms with Crippen LogP contribution in [0.1, 0.15) is 25.0 Å². The number of carboxylic acid groups (broad SMARTS) is 1. The zero-order chi connectivity index (χ0) is 13.2. The molecule has 0 spiro atoms. The number of aromatic nitrogens is 2. The molecule has 6 heteroatoms. The first-order valence-electron chi connectivity index (χ1n) is 6.58. The third kappa shape index (κ3) is 2.64. The minimum Gasteiger partial charge on any atom is -0.481 e. The number of hydrogen-bond acceptors (Lipinski definition) is 4. The van der Waals surface area contributed by atoms with Crippen LogP contribution >= 0.6 is 11.3 Å². The summed E-state index contributed by atoms with van der Waals surface area (Å²) >= 11 is 1.62. The van der Waals surface area contributed by atoms with E-state index in [1.165, 1.54) is 0 Å². The number of imidazole rings is 1. The van der Waals surface area contributed by atoms with Crippen LogP contribution in [0, 0.1) is 11.8 Å². The standard InChI is InChI=1S/C13H17N3O2S/c17-12(18)11-3-1-2-9(11)6-14-7-10-8-16-4-5-19-13(16)15-10/h4-5,8-9,11,14H,1-3,6-7H2,(H,17,18). The van der Waals surface area contributed by atoms with E-state index in [-0.39, 0.29) is 11.8 Å². The Hall–Kier alpha value is -1.40. The lowest BCUT2D eigenvalue weighted by atomic mass is 9.96. The molecule has 3 rings (SSSR count). The topological polar surface area (TPSA) is 66.6 Å². The van der Waals surface area contributed by atoms with Crippen LogP contribution in [0.2, 0.25) is 0 Å². The number of hydrogen-bond donors (Lipinski definition) is 2. The van der Waals surface area contributed by atoms with E-state index >= 15 is 0 Å². The summed E-state index contributed by atoms with van der Waals surface area (Å²) in [5.41, 5.74) is 1.01. The summed E-state index contributed by atoms with van der Waals surface area (Å²) in [6, 6.07) is 0. The Labute approximate surface area is 115 Å². The van der Waals surface area contributed by atoms with Crippen LogP contribution in [0.15, 0.2) is 17.8 Å². The van der Waals surface area contributed by atoms with Crippen molar-refractivity contribution in [2.24, 2.45) is 11.8 Å². The molecule has 0 aromatic carbocycles. The number of carboxylic acids is 1. The van der Waals surface area contributed by atoms with Gasteiger partial charge in [-0.3, -0.25) is 9.20 Å². The van der Waals surface area contributed by atoms with E-state index in [0.29, 0.717) is 6.54 Å². The molecule has 2 aromatic heterocycles. The molecule has 0 amide bonds. The summed E-state index contributed by atoms with van der Waals surface area (Å²) in [7, 11) is 0. The second-order valence-corrected chi connectivity index (χ2v) is 5.96. The maximum absolute atomic E-state index is 11.1. The number of thiazole rings is 1. The van der Waals surface area contributed by atoms with Crippen molar-refractivity contribution in [1.29, 1.82) is 0 Å². The first-order valence-corrected chi connectivity index (χ1v) is 7.46. The van der Waals surface area contributed by atoms with E-state index in [9.17, 15) is 4.79 Å². The Morgan fingerprint density at radius 2 is 2.47 bits per heavy atom. The molecule has 1 aliphatic carbocycles. The Kier molecular flexibility index (Phi) is 3.52. The second-order valence-electron chi connectivity index (χ2n) is 5.09. The van der Waals surface area contributed by atoms with Gasteiger partial charge in [0, 0.05) is 24.3 Å². The Balaban J connectivity index is 1.52. The van der Waals surface area contributed by atoms with Crippen molar-refractivity contribution in [3.8, 4) is 0 Å². The minimum atomic E-state index is -0.646. The van der Waals surface area contributed by atoms with E-state index in [2.05, 4.69) is 10.3 Å². The maximum atomic E-state index is 11.1. The van der Waals surface area contributed by atoms with Gasteiger partial charge in [0.25, 0.3) is 0 Å². The van der Waals surface area contributed by atoms with E-state index < -0.39 is 5.97 Å². The molecular formula is C13H17N3O2S. The highest BCUT2D eigenvalue weighted by Gasteiger charge is 2.32. The molecular weight excluding hydrogens is 262 g/mol. The van der Waals surface area contributed by atoms with Gasteiger partial charge in [0.05, 0.1) is 11.6 Å². The van der Waals surface area contributed by atoms with Gasteiger partial charge in [-0.2, -0.15) is 0 Å². The number of nitrogens with zero attached hydrogens (tertiary/aromatic N) is 2.